The van der Waals surface area contributed by atoms with Gasteiger partial charge in [0.25, 0.3) is 10.9 Å². The Hall–Kier alpha value is -2.91. The number of hydrogen-bond donors (Lipinski definition) is 2. The highest BCUT2D eigenvalue weighted by molar-refractivity contribution is 5.77. The topological polar surface area (TPSA) is 108 Å². The number of methoxy groups -OCH3 is 1. The lowest BCUT2D eigenvalue weighted by Crippen LogP contribution is -2.49. The minimum Gasteiger partial charge on any atom is -0.464 e. The summed E-state index contributed by atoms with van der Waals surface area (Å²) in [7, 11) is 1.67. The summed E-state index contributed by atoms with van der Waals surface area (Å²) in [6, 6.07) is 10.1. The summed E-state index contributed by atoms with van der Waals surface area (Å²) in [5.41, 5.74) is 3.07. The van der Waals surface area contributed by atoms with Crippen LogP contribution >= 0.6 is 0 Å². The van der Waals surface area contributed by atoms with Crippen molar-refractivity contribution < 1.29 is 19.4 Å². The monoisotopic (exact) mass is 541 g/mol. The number of ether oxygens (including phenoxy) is 2. The lowest BCUT2D eigenvalue weighted by Gasteiger charge is -2.39. The fraction of sp³-hybridized carbons (Fsp3) is 0.633. The van der Waals surface area contributed by atoms with Crippen molar-refractivity contribution in [1.29, 1.82) is 0 Å². The van der Waals surface area contributed by atoms with E-state index in [2.05, 4.69) is 17.6 Å². The summed E-state index contributed by atoms with van der Waals surface area (Å²) in [5, 5.41) is 10.9. The van der Waals surface area contributed by atoms with Crippen molar-refractivity contribution in [3.05, 3.63) is 56.3 Å². The molecular formula is C30H43N3O6. The fourth-order valence-corrected chi connectivity index (χ4v) is 6.15. The summed E-state index contributed by atoms with van der Waals surface area (Å²) in [4.78, 5) is 39.2. The molecule has 2 aliphatic rings. The highest BCUT2D eigenvalue weighted by atomic mass is 16.5. The maximum atomic E-state index is 12.7. The molecule has 214 valence electrons. The van der Waals surface area contributed by atoms with E-state index in [1.54, 1.807) is 7.11 Å². The number of benzene rings is 1. The Bertz CT molecular complexity index is 1110. The first-order valence-corrected chi connectivity index (χ1v) is 14.5. The third-order valence-electron chi connectivity index (χ3n) is 8.20. The zero-order chi connectivity index (χ0) is 27.6. The van der Waals surface area contributed by atoms with Crippen LogP contribution in [0.25, 0.3) is 0 Å². The lowest BCUT2D eigenvalue weighted by atomic mass is 9.86. The number of nitrogens with zero attached hydrogens (tertiary/aromatic N) is 2. The number of rotatable bonds is 14. The zero-order valence-electron chi connectivity index (χ0n) is 23.1. The van der Waals surface area contributed by atoms with Crippen LogP contribution in [0.15, 0.2) is 39.9 Å². The number of hydrogen-bond acceptors (Lipinski definition) is 7. The molecule has 1 aliphatic heterocycles. The van der Waals surface area contributed by atoms with E-state index < -0.39 is 17.0 Å². The number of anilines is 2. The van der Waals surface area contributed by atoms with Gasteiger partial charge in [0.2, 0.25) is 0 Å². The minimum absolute atomic E-state index is 0.0954. The molecule has 1 saturated heterocycles. The van der Waals surface area contributed by atoms with Crippen molar-refractivity contribution in [2.75, 3.05) is 50.3 Å². The van der Waals surface area contributed by atoms with Crippen LogP contribution in [0.4, 0.5) is 16.2 Å². The molecular weight excluding hydrogens is 498 g/mol. The van der Waals surface area contributed by atoms with Gasteiger partial charge in [-0.2, -0.15) is 0 Å². The predicted octanol–water partition coefficient (Wildman–Crippen LogP) is 4.96. The Balaban J connectivity index is 1.43. The SMILES string of the molecule is COCCCOC(c1ccccc1)C1CCCN(c2c(NN(CCCC3CCCCC3)C(=O)O)c(=O)c2=O)C1. The van der Waals surface area contributed by atoms with Gasteiger partial charge >= 0.3 is 6.09 Å². The Morgan fingerprint density at radius 1 is 1.05 bits per heavy atom. The second-order valence-corrected chi connectivity index (χ2v) is 11.0. The molecule has 2 N–H and O–H groups in total. The second-order valence-electron chi connectivity index (χ2n) is 11.0. The number of hydrazine groups is 1. The van der Waals surface area contributed by atoms with Gasteiger partial charge in [-0.25, -0.2) is 9.80 Å². The van der Waals surface area contributed by atoms with E-state index in [4.69, 9.17) is 9.47 Å². The number of piperidine rings is 1. The van der Waals surface area contributed by atoms with Gasteiger partial charge in [0.05, 0.1) is 6.10 Å². The van der Waals surface area contributed by atoms with E-state index in [1.165, 1.54) is 32.1 Å². The summed E-state index contributed by atoms with van der Waals surface area (Å²) in [6.07, 6.45) is 9.16. The van der Waals surface area contributed by atoms with Crippen LogP contribution in [-0.4, -0.2) is 56.2 Å². The number of nitrogens with one attached hydrogen (secondary N) is 1. The first-order chi connectivity index (χ1) is 19.0. The van der Waals surface area contributed by atoms with Gasteiger partial charge in [0, 0.05) is 45.9 Å². The molecule has 0 aromatic heterocycles. The molecule has 0 spiro atoms. The van der Waals surface area contributed by atoms with E-state index in [1.807, 2.05) is 23.1 Å². The number of carboxylic acid groups (broad SMARTS) is 1. The Labute approximate surface area is 230 Å². The van der Waals surface area contributed by atoms with Crippen molar-refractivity contribution in [1.82, 2.24) is 5.01 Å². The molecule has 0 radical (unpaired) electrons. The molecule has 2 aromatic carbocycles. The molecule has 4 rings (SSSR count). The van der Waals surface area contributed by atoms with E-state index in [-0.39, 0.29) is 24.3 Å². The van der Waals surface area contributed by atoms with Crippen LogP contribution in [0.2, 0.25) is 0 Å². The van der Waals surface area contributed by atoms with Crippen molar-refractivity contribution in [2.24, 2.45) is 11.8 Å². The van der Waals surface area contributed by atoms with Gasteiger partial charge in [-0.3, -0.25) is 15.0 Å². The van der Waals surface area contributed by atoms with Gasteiger partial charge in [-0.1, -0.05) is 62.4 Å². The average Bonchev–Trinajstić information content (AvgIpc) is 2.97. The highest BCUT2D eigenvalue weighted by Gasteiger charge is 2.35. The molecule has 1 aliphatic carbocycles. The Kier molecular flexibility index (Phi) is 10.8. The second kappa shape index (κ2) is 14.5. The van der Waals surface area contributed by atoms with Crippen molar-refractivity contribution in [3.63, 3.8) is 0 Å². The van der Waals surface area contributed by atoms with Gasteiger partial charge < -0.3 is 19.5 Å². The fourth-order valence-electron chi connectivity index (χ4n) is 6.15. The van der Waals surface area contributed by atoms with E-state index in [9.17, 15) is 19.5 Å². The first kappa shape index (κ1) is 29.1. The third-order valence-corrected chi connectivity index (χ3v) is 8.20. The van der Waals surface area contributed by atoms with Crippen molar-refractivity contribution in [3.8, 4) is 0 Å². The maximum Gasteiger partial charge on any atom is 0.426 e. The van der Waals surface area contributed by atoms with Gasteiger partial charge in [-0.05, 0) is 43.6 Å². The first-order valence-electron chi connectivity index (χ1n) is 14.5. The predicted molar refractivity (Wildman–Crippen MR) is 152 cm³/mol. The molecule has 2 unspecified atom stereocenters. The number of amides is 1. The molecule has 1 saturated carbocycles. The summed E-state index contributed by atoms with van der Waals surface area (Å²) >= 11 is 0. The van der Waals surface area contributed by atoms with Crippen LogP contribution in [0.3, 0.4) is 0 Å². The third kappa shape index (κ3) is 7.60. The smallest absolute Gasteiger partial charge is 0.426 e. The average molecular weight is 542 g/mol. The molecule has 1 amide bonds. The van der Waals surface area contributed by atoms with Crippen LogP contribution in [0, 0.1) is 11.8 Å². The minimum atomic E-state index is -1.15. The standard InChI is InChI=1S/C30H43N3O6/c1-38-19-10-20-39-29(23-14-6-3-7-15-23)24-16-9-17-32(21-24)26-25(27(34)28(26)35)31-33(30(36)37)18-8-13-22-11-4-2-5-12-22/h3,6-7,14-15,22,24,29,31H,2,4-5,8-13,16-21H2,1H3,(H,36,37). The van der Waals surface area contributed by atoms with Gasteiger partial charge in [0.15, 0.2) is 0 Å². The molecule has 2 atom stereocenters. The summed E-state index contributed by atoms with van der Waals surface area (Å²) < 4.78 is 11.5. The highest BCUT2D eigenvalue weighted by Crippen LogP contribution is 2.36. The Morgan fingerprint density at radius 3 is 2.54 bits per heavy atom. The molecule has 1 heterocycles. The molecule has 2 aromatic rings. The van der Waals surface area contributed by atoms with E-state index in [0.29, 0.717) is 37.9 Å². The van der Waals surface area contributed by atoms with Crippen LogP contribution in [-0.2, 0) is 9.47 Å². The van der Waals surface area contributed by atoms with Crippen molar-refractivity contribution in [2.45, 2.75) is 70.3 Å². The maximum absolute atomic E-state index is 12.7. The molecule has 9 nitrogen and oxygen atoms in total. The largest absolute Gasteiger partial charge is 0.464 e. The molecule has 0 bridgehead atoms. The van der Waals surface area contributed by atoms with Gasteiger partial charge in [0.1, 0.15) is 11.4 Å². The van der Waals surface area contributed by atoms with Crippen LogP contribution < -0.4 is 21.2 Å². The van der Waals surface area contributed by atoms with Crippen LogP contribution in [0.1, 0.15) is 75.9 Å². The Morgan fingerprint density at radius 2 is 1.82 bits per heavy atom. The zero-order valence-corrected chi connectivity index (χ0v) is 23.1. The normalized spacial score (nSPS) is 19.2. The number of carbonyl (C=O) groups is 1. The quantitative estimate of drug-likeness (QED) is 0.196. The summed E-state index contributed by atoms with van der Waals surface area (Å²) in [5.74, 6) is 0.766. The molecule has 2 fully saturated rings. The van der Waals surface area contributed by atoms with E-state index in [0.717, 1.165) is 42.7 Å². The van der Waals surface area contributed by atoms with Gasteiger partial charge in [-0.15, -0.1) is 0 Å². The lowest BCUT2D eigenvalue weighted by molar-refractivity contribution is -0.00235. The van der Waals surface area contributed by atoms with Crippen molar-refractivity contribution >= 4 is 17.5 Å². The molecule has 39 heavy (non-hydrogen) atoms. The van der Waals surface area contributed by atoms with Crippen LogP contribution in [0.5, 0.6) is 0 Å². The molecule has 9 heteroatoms. The summed E-state index contributed by atoms with van der Waals surface area (Å²) in [6.45, 7) is 2.65. The van der Waals surface area contributed by atoms with E-state index >= 15 is 0 Å².